The Morgan fingerprint density at radius 1 is 1.11 bits per heavy atom. The first-order valence-corrected chi connectivity index (χ1v) is 12.0. The van der Waals surface area contributed by atoms with E-state index in [0.717, 1.165) is 0 Å². The first-order chi connectivity index (χ1) is 16.5. The van der Waals surface area contributed by atoms with Gasteiger partial charge in [0.25, 0.3) is 0 Å². The van der Waals surface area contributed by atoms with Crippen LogP contribution in [0.5, 0.6) is 0 Å². The lowest BCUT2D eigenvalue weighted by molar-refractivity contribution is -0.119. The largest absolute Gasteiger partial charge is 0.444 e. The lowest BCUT2D eigenvalue weighted by atomic mass is 9.79. The number of halogens is 2. The minimum absolute atomic E-state index is 0.0215. The number of rotatable bonds is 2. The second-order valence-corrected chi connectivity index (χ2v) is 11.0. The fourth-order valence-corrected chi connectivity index (χ4v) is 5.21. The number of fused-ring (bicyclic) bond motifs is 1. The molecular formula is C25H25Cl2N5O3. The van der Waals surface area contributed by atoms with Crippen LogP contribution in [0.4, 0.5) is 16.3 Å². The summed E-state index contributed by atoms with van der Waals surface area (Å²) >= 11 is 12.8. The molecule has 2 saturated heterocycles. The summed E-state index contributed by atoms with van der Waals surface area (Å²) in [6, 6.07) is 9.08. The van der Waals surface area contributed by atoms with Crippen molar-refractivity contribution >= 4 is 57.6 Å². The number of nitrogen functional groups attached to an aromatic ring is 1. The molecule has 35 heavy (non-hydrogen) atoms. The van der Waals surface area contributed by atoms with Crippen LogP contribution in [0.15, 0.2) is 36.7 Å². The predicted octanol–water partition coefficient (Wildman–Crippen LogP) is 5.16. The highest BCUT2D eigenvalue weighted by molar-refractivity contribution is 6.44. The Hall–Kier alpha value is -3.10. The molecular weight excluding hydrogens is 489 g/mol. The Labute approximate surface area is 213 Å². The number of amides is 2. The summed E-state index contributed by atoms with van der Waals surface area (Å²) in [7, 11) is 0. The molecule has 10 heteroatoms. The third kappa shape index (κ3) is 4.25. The first kappa shape index (κ1) is 23.6. The second kappa shape index (κ2) is 8.24. The molecule has 0 unspecified atom stereocenters. The molecule has 2 aliphatic rings. The van der Waals surface area contributed by atoms with Gasteiger partial charge in [0, 0.05) is 53.7 Å². The minimum atomic E-state index is -0.567. The van der Waals surface area contributed by atoms with E-state index in [1.165, 1.54) is 6.33 Å². The molecule has 0 saturated carbocycles. The molecule has 2 aromatic carbocycles. The predicted molar refractivity (Wildman–Crippen MR) is 137 cm³/mol. The maximum atomic E-state index is 13.2. The average molecular weight is 514 g/mol. The number of anilines is 2. The normalized spacial score (nSPS) is 17.2. The molecule has 0 aliphatic carbocycles. The molecule has 0 atom stereocenters. The zero-order chi connectivity index (χ0) is 25.1. The molecule has 2 aliphatic heterocycles. The van der Waals surface area contributed by atoms with Crippen LogP contribution in [0.2, 0.25) is 10.0 Å². The van der Waals surface area contributed by atoms with E-state index in [4.69, 9.17) is 33.7 Å². The maximum Gasteiger partial charge on any atom is 0.410 e. The molecule has 3 heterocycles. The molecule has 2 fully saturated rings. The molecule has 1 aromatic heterocycles. The van der Waals surface area contributed by atoms with E-state index in [-0.39, 0.29) is 17.4 Å². The summed E-state index contributed by atoms with van der Waals surface area (Å²) in [5.41, 5.74) is 7.99. The number of likely N-dealkylation sites (tertiary alicyclic amines) is 1. The summed E-state index contributed by atoms with van der Waals surface area (Å²) in [5, 5.41) is 1.42. The van der Waals surface area contributed by atoms with Crippen molar-refractivity contribution in [2.24, 2.45) is 5.41 Å². The quantitative estimate of drug-likeness (QED) is 0.507. The van der Waals surface area contributed by atoms with Crippen LogP contribution in [-0.2, 0) is 9.53 Å². The van der Waals surface area contributed by atoms with Gasteiger partial charge in [-0.05, 0) is 39.0 Å². The van der Waals surface area contributed by atoms with E-state index < -0.39 is 5.60 Å². The van der Waals surface area contributed by atoms with Gasteiger partial charge in [0.1, 0.15) is 17.7 Å². The van der Waals surface area contributed by atoms with Crippen molar-refractivity contribution in [1.29, 1.82) is 0 Å². The van der Waals surface area contributed by atoms with Gasteiger partial charge in [0.05, 0.1) is 15.6 Å². The van der Waals surface area contributed by atoms with E-state index >= 15 is 0 Å². The van der Waals surface area contributed by atoms with E-state index in [0.29, 0.717) is 69.6 Å². The number of nitrogens with zero attached hydrogens (tertiary/aromatic N) is 4. The zero-order valence-corrected chi connectivity index (χ0v) is 21.2. The number of hydrogen-bond donors (Lipinski definition) is 1. The van der Waals surface area contributed by atoms with Crippen molar-refractivity contribution in [2.45, 2.75) is 32.8 Å². The summed E-state index contributed by atoms with van der Waals surface area (Å²) in [4.78, 5) is 37.5. The van der Waals surface area contributed by atoms with Gasteiger partial charge < -0.3 is 20.3 Å². The van der Waals surface area contributed by atoms with Crippen molar-refractivity contribution in [1.82, 2.24) is 14.9 Å². The van der Waals surface area contributed by atoms with Crippen LogP contribution >= 0.6 is 23.2 Å². The number of carbonyl (C=O) groups excluding carboxylic acids is 2. The standard InChI is InChI=1S/C25H25Cl2N5O3/c1-24(2,3)35-23(34)31-10-25(11-31)9-19(33)32(12-25)14-7-16(15-5-4-6-18(26)20(15)27)21-17(8-14)22(28)30-13-29-21/h4-8,13H,9-12H2,1-3H3,(H2,28,29,30). The van der Waals surface area contributed by atoms with E-state index in [1.807, 2.05) is 45.0 Å². The monoisotopic (exact) mass is 513 g/mol. The van der Waals surface area contributed by atoms with Gasteiger partial charge in [-0.2, -0.15) is 0 Å². The molecule has 0 radical (unpaired) electrons. The number of carbonyl (C=O) groups is 2. The van der Waals surface area contributed by atoms with Crippen LogP contribution in [0, 0.1) is 5.41 Å². The highest BCUT2D eigenvalue weighted by Crippen LogP contribution is 2.45. The van der Waals surface area contributed by atoms with Crippen LogP contribution < -0.4 is 10.6 Å². The third-order valence-corrected chi connectivity index (χ3v) is 7.15. The van der Waals surface area contributed by atoms with E-state index in [9.17, 15) is 9.59 Å². The van der Waals surface area contributed by atoms with E-state index in [1.54, 1.807) is 15.9 Å². The third-order valence-electron chi connectivity index (χ3n) is 6.33. The molecule has 1 spiro atoms. The number of hydrogen-bond acceptors (Lipinski definition) is 6. The van der Waals surface area contributed by atoms with Gasteiger partial charge in [0.15, 0.2) is 0 Å². The van der Waals surface area contributed by atoms with Crippen molar-refractivity contribution < 1.29 is 14.3 Å². The van der Waals surface area contributed by atoms with Crippen LogP contribution in [0.25, 0.3) is 22.0 Å². The topological polar surface area (TPSA) is 102 Å². The fourth-order valence-electron chi connectivity index (χ4n) is 4.81. The molecule has 5 rings (SSSR count). The number of ether oxygens (including phenoxy) is 1. The molecule has 182 valence electrons. The van der Waals surface area contributed by atoms with Gasteiger partial charge in [0.2, 0.25) is 5.91 Å². The lowest BCUT2D eigenvalue weighted by Crippen LogP contribution is -2.60. The van der Waals surface area contributed by atoms with Crippen LogP contribution in [-0.4, -0.2) is 52.1 Å². The molecule has 2 amide bonds. The summed E-state index contributed by atoms with van der Waals surface area (Å²) < 4.78 is 5.47. The highest BCUT2D eigenvalue weighted by atomic mass is 35.5. The Morgan fingerprint density at radius 2 is 1.86 bits per heavy atom. The van der Waals surface area contributed by atoms with Gasteiger partial charge in [-0.3, -0.25) is 4.79 Å². The Balaban J connectivity index is 1.49. The lowest BCUT2D eigenvalue weighted by Gasteiger charge is -2.47. The Morgan fingerprint density at radius 3 is 2.57 bits per heavy atom. The summed E-state index contributed by atoms with van der Waals surface area (Å²) in [6.45, 7) is 6.92. The minimum Gasteiger partial charge on any atom is -0.444 e. The van der Waals surface area contributed by atoms with Crippen molar-refractivity contribution in [3.63, 3.8) is 0 Å². The summed E-state index contributed by atoms with van der Waals surface area (Å²) in [5.74, 6) is 0.282. The maximum absolute atomic E-state index is 13.2. The first-order valence-electron chi connectivity index (χ1n) is 11.2. The van der Waals surface area contributed by atoms with Crippen LogP contribution in [0.1, 0.15) is 27.2 Å². The highest BCUT2D eigenvalue weighted by Gasteiger charge is 2.53. The smallest absolute Gasteiger partial charge is 0.410 e. The molecule has 0 bridgehead atoms. The molecule has 3 aromatic rings. The SMILES string of the molecule is CC(C)(C)OC(=O)N1CC2(CC(=O)N(c3cc(-c4cccc(Cl)c4Cl)c4ncnc(N)c4c3)C2)C1. The number of nitrogens with two attached hydrogens (primary N) is 1. The van der Waals surface area contributed by atoms with Gasteiger partial charge >= 0.3 is 6.09 Å². The average Bonchev–Trinajstić information content (AvgIpc) is 3.11. The Bertz CT molecular complexity index is 1370. The van der Waals surface area contributed by atoms with Gasteiger partial charge in [-0.25, -0.2) is 14.8 Å². The number of benzene rings is 2. The second-order valence-electron chi connectivity index (χ2n) is 10.2. The van der Waals surface area contributed by atoms with Gasteiger partial charge in [-0.1, -0.05) is 35.3 Å². The fraction of sp³-hybridized carbons (Fsp3) is 0.360. The van der Waals surface area contributed by atoms with Crippen molar-refractivity contribution in [3.05, 3.63) is 46.7 Å². The number of aromatic nitrogens is 2. The molecule has 2 N–H and O–H groups in total. The zero-order valence-electron chi connectivity index (χ0n) is 19.6. The van der Waals surface area contributed by atoms with Crippen molar-refractivity contribution in [2.75, 3.05) is 30.3 Å². The van der Waals surface area contributed by atoms with E-state index in [2.05, 4.69) is 9.97 Å². The molecule has 8 nitrogen and oxygen atoms in total. The Kier molecular flexibility index (Phi) is 5.56. The summed E-state index contributed by atoms with van der Waals surface area (Å²) in [6.07, 6.45) is 1.38. The van der Waals surface area contributed by atoms with Crippen LogP contribution in [0.3, 0.4) is 0 Å². The van der Waals surface area contributed by atoms with Gasteiger partial charge in [-0.15, -0.1) is 0 Å². The van der Waals surface area contributed by atoms with Crippen molar-refractivity contribution in [3.8, 4) is 11.1 Å².